The molecule has 0 aromatic heterocycles. The van der Waals surface area contributed by atoms with Crippen LogP contribution in [0.1, 0.15) is 35.7 Å². The molecule has 0 atom stereocenters. The molecule has 0 fully saturated rings. The second-order valence-corrected chi connectivity index (χ2v) is 7.50. The van der Waals surface area contributed by atoms with E-state index in [0.717, 1.165) is 18.4 Å². The molecule has 0 saturated heterocycles. The quantitative estimate of drug-likeness (QED) is 0.573. The van der Waals surface area contributed by atoms with Gasteiger partial charge in [0.15, 0.2) is 0 Å². The van der Waals surface area contributed by atoms with Crippen LogP contribution in [0.5, 0.6) is 5.75 Å². The van der Waals surface area contributed by atoms with Crippen molar-refractivity contribution in [1.82, 2.24) is 4.72 Å². The number of hydrogen-bond acceptors (Lipinski definition) is 6. The Morgan fingerprint density at radius 3 is 2.22 bits per heavy atom. The molecule has 144 valence electrons. The fourth-order valence-electron chi connectivity index (χ4n) is 2.07. The number of aryl methyl sites for hydroxylation is 1. The average Bonchev–Trinajstić information content (AvgIpc) is 2.62. The highest BCUT2D eigenvalue weighted by Gasteiger charge is 2.19. The number of carbonyl (C=O) groups is 2. The highest BCUT2D eigenvalue weighted by atomic mass is 32.2. The number of benzene rings is 2. The third-order valence-electron chi connectivity index (χ3n) is 3.58. The zero-order valence-corrected chi connectivity index (χ0v) is 15.9. The number of ether oxygens (including phenoxy) is 2. The Balaban J connectivity index is 1.95. The minimum atomic E-state index is -4.03. The van der Waals surface area contributed by atoms with Crippen molar-refractivity contribution in [1.29, 1.82) is 0 Å². The number of nitrogens with one attached hydrogen (secondary N) is 1. The lowest BCUT2D eigenvalue weighted by Gasteiger charge is -2.08. The van der Waals surface area contributed by atoms with E-state index in [-0.39, 0.29) is 10.6 Å². The van der Waals surface area contributed by atoms with Crippen LogP contribution in [0.2, 0.25) is 0 Å². The predicted octanol–water partition coefficient (Wildman–Crippen LogP) is 3.43. The van der Waals surface area contributed by atoms with Crippen LogP contribution in [0.4, 0.5) is 4.79 Å². The van der Waals surface area contributed by atoms with Gasteiger partial charge in [0.05, 0.1) is 17.1 Å². The molecule has 0 bridgehead atoms. The standard InChI is InChI=1S/C19H21NO6S/c1-3-4-13-25-18(21)15-7-9-16(10-8-15)26-19(22)20-27(23,24)17-11-5-14(2)6-12-17/h5-12H,3-4,13H2,1-2H3,(H,20,22). The maximum absolute atomic E-state index is 12.1. The van der Waals surface area contributed by atoms with Crippen LogP contribution in [0.25, 0.3) is 0 Å². The van der Waals surface area contributed by atoms with Crippen molar-refractivity contribution in [2.24, 2.45) is 0 Å². The van der Waals surface area contributed by atoms with Crippen LogP contribution >= 0.6 is 0 Å². The van der Waals surface area contributed by atoms with Crippen LogP contribution < -0.4 is 9.46 Å². The summed E-state index contributed by atoms with van der Waals surface area (Å²) in [7, 11) is -4.03. The van der Waals surface area contributed by atoms with Gasteiger partial charge >= 0.3 is 12.1 Å². The van der Waals surface area contributed by atoms with E-state index in [9.17, 15) is 18.0 Å². The first kappa shape index (κ1) is 20.4. The van der Waals surface area contributed by atoms with Gasteiger partial charge in [-0.1, -0.05) is 31.0 Å². The Hall–Kier alpha value is -2.87. The SMILES string of the molecule is CCCCOC(=O)c1ccc(OC(=O)NS(=O)(=O)c2ccc(C)cc2)cc1. The van der Waals surface area contributed by atoms with Crippen LogP contribution in [0.3, 0.4) is 0 Å². The van der Waals surface area contributed by atoms with E-state index in [1.54, 1.807) is 12.1 Å². The number of rotatable bonds is 7. The van der Waals surface area contributed by atoms with E-state index in [0.29, 0.717) is 12.2 Å². The number of amides is 1. The molecule has 0 spiro atoms. The van der Waals surface area contributed by atoms with Crippen molar-refractivity contribution in [3.8, 4) is 5.75 Å². The van der Waals surface area contributed by atoms with Gasteiger partial charge < -0.3 is 9.47 Å². The molecule has 0 aliphatic carbocycles. The molecule has 0 saturated carbocycles. The first-order valence-electron chi connectivity index (χ1n) is 8.40. The number of unbranched alkanes of at least 4 members (excludes halogenated alkanes) is 1. The summed E-state index contributed by atoms with van der Waals surface area (Å²) >= 11 is 0. The fourth-order valence-corrected chi connectivity index (χ4v) is 2.94. The molecular weight excluding hydrogens is 370 g/mol. The van der Waals surface area contributed by atoms with E-state index in [1.165, 1.54) is 36.4 Å². The molecular formula is C19H21NO6S. The largest absolute Gasteiger partial charge is 0.462 e. The summed E-state index contributed by atoms with van der Waals surface area (Å²) in [5.41, 5.74) is 1.20. The maximum Gasteiger partial charge on any atom is 0.426 e. The van der Waals surface area contributed by atoms with Crippen molar-refractivity contribution < 1.29 is 27.5 Å². The lowest BCUT2D eigenvalue weighted by atomic mass is 10.2. The minimum Gasteiger partial charge on any atom is -0.462 e. The molecule has 7 nitrogen and oxygen atoms in total. The lowest BCUT2D eigenvalue weighted by Crippen LogP contribution is -2.33. The lowest BCUT2D eigenvalue weighted by molar-refractivity contribution is 0.0499. The molecule has 2 aromatic rings. The first-order chi connectivity index (χ1) is 12.8. The summed E-state index contributed by atoms with van der Waals surface area (Å²) in [6.07, 6.45) is 0.553. The van der Waals surface area contributed by atoms with E-state index >= 15 is 0 Å². The van der Waals surface area contributed by atoms with E-state index < -0.39 is 22.1 Å². The summed E-state index contributed by atoms with van der Waals surface area (Å²) in [6, 6.07) is 11.7. The first-order valence-corrected chi connectivity index (χ1v) is 9.88. The molecule has 27 heavy (non-hydrogen) atoms. The van der Waals surface area contributed by atoms with Crippen molar-refractivity contribution in [3.05, 3.63) is 59.7 Å². The molecule has 2 aromatic carbocycles. The predicted molar refractivity (Wildman–Crippen MR) is 99.2 cm³/mol. The van der Waals surface area contributed by atoms with E-state index in [4.69, 9.17) is 9.47 Å². The van der Waals surface area contributed by atoms with Crippen LogP contribution in [0.15, 0.2) is 53.4 Å². The van der Waals surface area contributed by atoms with Gasteiger partial charge in [-0.05, 0) is 49.7 Å². The van der Waals surface area contributed by atoms with Gasteiger partial charge in [0.1, 0.15) is 5.75 Å². The highest BCUT2D eigenvalue weighted by molar-refractivity contribution is 7.90. The van der Waals surface area contributed by atoms with Gasteiger partial charge in [-0.2, -0.15) is 0 Å². The summed E-state index contributed by atoms with van der Waals surface area (Å²) in [5, 5.41) is 0. The summed E-state index contributed by atoms with van der Waals surface area (Å²) < 4.78 is 36.1. The number of carbonyl (C=O) groups excluding carboxylic acids is 2. The Bertz CT molecular complexity index is 889. The monoisotopic (exact) mass is 391 g/mol. The van der Waals surface area contributed by atoms with Gasteiger partial charge in [0.25, 0.3) is 10.0 Å². The van der Waals surface area contributed by atoms with Gasteiger partial charge in [-0.25, -0.2) is 22.7 Å². The maximum atomic E-state index is 12.1. The van der Waals surface area contributed by atoms with Gasteiger partial charge in [0.2, 0.25) is 0 Å². The van der Waals surface area contributed by atoms with Gasteiger partial charge in [-0.15, -0.1) is 0 Å². The molecule has 0 radical (unpaired) electrons. The normalized spacial score (nSPS) is 10.9. The van der Waals surface area contributed by atoms with Crippen molar-refractivity contribution in [2.75, 3.05) is 6.61 Å². The van der Waals surface area contributed by atoms with Crippen molar-refractivity contribution in [2.45, 2.75) is 31.6 Å². The van der Waals surface area contributed by atoms with Crippen molar-refractivity contribution in [3.63, 3.8) is 0 Å². The summed E-state index contributed by atoms with van der Waals surface area (Å²) in [4.78, 5) is 23.6. The molecule has 1 N–H and O–H groups in total. The second kappa shape index (κ2) is 9.18. The topological polar surface area (TPSA) is 98.8 Å². The molecule has 2 rings (SSSR count). The minimum absolute atomic E-state index is 0.0461. The molecule has 0 aliphatic heterocycles. The Kier molecular flexibility index (Phi) is 6.95. The van der Waals surface area contributed by atoms with Crippen LogP contribution in [-0.2, 0) is 14.8 Å². The van der Waals surface area contributed by atoms with E-state index in [2.05, 4.69) is 0 Å². The van der Waals surface area contributed by atoms with Crippen LogP contribution in [0, 0.1) is 6.92 Å². The molecule has 8 heteroatoms. The highest BCUT2D eigenvalue weighted by Crippen LogP contribution is 2.15. The Morgan fingerprint density at radius 1 is 1.00 bits per heavy atom. The zero-order valence-electron chi connectivity index (χ0n) is 15.1. The second-order valence-electron chi connectivity index (χ2n) is 5.82. The van der Waals surface area contributed by atoms with Crippen molar-refractivity contribution >= 4 is 22.1 Å². The zero-order chi connectivity index (χ0) is 19.9. The van der Waals surface area contributed by atoms with Crippen LogP contribution in [-0.4, -0.2) is 27.1 Å². The fraction of sp³-hybridized carbons (Fsp3) is 0.263. The number of sulfonamides is 1. The molecule has 0 heterocycles. The summed E-state index contributed by atoms with van der Waals surface area (Å²) in [6.45, 7) is 4.15. The smallest absolute Gasteiger partial charge is 0.426 e. The van der Waals surface area contributed by atoms with E-state index in [1.807, 2.05) is 18.6 Å². The molecule has 1 amide bonds. The number of esters is 1. The Morgan fingerprint density at radius 2 is 1.63 bits per heavy atom. The molecule has 0 unspecified atom stereocenters. The third-order valence-corrected chi connectivity index (χ3v) is 4.91. The third kappa shape index (κ3) is 6.10. The average molecular weight is 391 g/mol. The molecule has 0 aliphatic rings. The number of hydrogen-bond donors (Lipinski definition) is 1. The van der Waals surface area contributed by atoms with Gasteiger partial charge in [-0.3, -0.25) is 0 Å². The Labute approximate surface area is 158 Å². The van der Waals surface area contributed by atoms with Gasteiger partial charge in [0, 0.05) is 0 Å². The summed E-state index contributed by atoms with van der Waals surface area (Å²) in [5.74, 6) is -0.377.